The van der Waals surface area contributed by atoms with Gasteiger partial charge in [0, 0.05) is 18.6 Å². The highest BCUT2D eigenvalue weighted by Crippen LogP contribution is 2.10. The van der Waals surface area contributed by atoms with Crippen molar-refractivity contribution >= 4 is 0 Å². The van der Waals surface area contributed by atoms with Crippen molar-refractivity contribution in [2.75, 3.05) is 19.6 Å². The summed E-state index contributed by atoms with van der Waals surface area (Å²) in [5.41, 5.74) is 0. The van der Waals surface area contributed by atoms with Crippen molar-refractivity contribution in [3.63, 3.8) is 0 Å². The van der Waals surface area contributed by atoms with E-state index in [1.54, 1.807) is 0 Å². The zero-order valence-electron chi connectivity index (χ0n) is 11.5. The van der Waals surface area contributed by atoms with Gasteiger partial charge < -0.3 is 10.2 Å². The molecule has 96 valence electrons. The predicted octanol–water partition coefficient (Wildman–Crippen LogP) is 3.03. The van der Waals surface area contributed by atoms with Gasteiger partial charge in [-0.25, -0.2) is 0 Å². The molecule has 0 spiro atoms. The van der Waals surface area contributed by atoms with Crippen LogP contribution in [0.15, 0.2) is 0 Å². The van der Waals surface area contributed by atoms with Gasteiger partial charge in [-0.15, -0.1) is 0 Å². The molecule has 1 aliphatic rings. The highest BCUT2D eigenvalue weighted by molar-refractivity contribution is 4.76. The van der Waals surface area contributed by atoms with Crippen LogP contribution in [-0.2, 0) is 0 Å². The summed E-state index contributed by atoms with van der Waals surface area (Å²) in [5, 5.41) is 3.80. The van der Waals surface area contributed by atoms with Crippen LogP contribution in [0.2, 0.25) is 0 Å². The number of hydrogen-bond donors (Lipinski definition) is 1. The predicted molar refractivity (Wildman–Crippen MR) is 71.9 cm³/mol. The van der Waals surface area contributed by atoms with Gasteiger partial charge in [0.05, 0.1) is 0 Å². The fourth-order valence-electron chi connectivity index (χ4n) is 2.82. The normalized spacial score (nSPS) is 19.5. The second-order valence-corrected chi connectivity index (χ2v) is 5.35. The first-order valence-electron chi connectivity index (χ1n) is 7.24. The van der Waals surface area contributed by atoms with E-state index in [-0.39, 0.29) is 0 Å². The Hall–Kier alpha value is -0.0800. The zero-order chi connectivity index (χ0) is 11.8. The lowest BCUT2D eigenvalue weighted by atomic mass is 10.1. The van der Waals surface area contributed by atoms with E-state index in [1.165, 1.54) is 58.2 Å². The summed E-state index contributed by atoms with van der Waals surface area (Å²) in [5.74, 6) is 0. The van der Waals surface area contributed by atoms with E-state index in [0.29, 0.717) is 6.04 Å². The van der Waals surface area contributed by atoms with Crippen LogP contribution in [0.1, 0.15) is 59.3 Å². The lowest BCUT2D eigenvalue weighted by Crippen LogP contribution is -2.43. The summed E-state index contributed by atoms with van der Waals surface area (Å²) in [7, 11) is 0. The van der Waals surface area contributed by atoms with E-state index in [9.17, 15) is 0 Å². The Bertz CT molecular complexity index is 158. The van der Waals surface area contributed by atoms with Crippen LogP contribution in [0.4, 0.5) is 0 Å². The summed E-state index contributed by atoms with van der Waals surface area (Å²) in [6, 6.07) is 1.40. The Labute approximate surface area is 102 Å². The molecule has 1 saturated heterocycles. The molecule has 0 aliphatic carbocycles. The Morgan fingerprint density at radius 2 is 1.62 bits per heavy atom. The molecular formula is C14H30N2. The molecule has 2 nitrogen and oxygen atoms in total. The van der Waals surface area contributed by atoms with Crippen molar-refractivity contribution < 1.29 is 0 Å². The average Bonchev–Trinajstić information content (AvgIpc) is 2.71. The molecule has 0 saturated carbocycles. The summed E-state index contributed by atoms with van der Waals surface area (Å²) in [6.45, 7) is 10.8. The lowest BCUT2D eigenvalue weighted by Gasteiger charge is -2.26. The second-order valence-electron chi connectivity index (χ2n) is 5.35. The van der Waals surface area contributed by atoms with Crippen molar-refractivity contribution in [2.24, 2.45) is 0 Å². The van der Waals surface area contributed by atoms with Crippen LogP contribution in [0.5, 0.6) is 0 Å². The van der Waals surface area contributed by atoms with Gasteiger partial charge in [0.25, 0.3) is 0 Å². The standard InChI is InChI=1S/C14H30N2/c1-4-8-14(9-5-2)15-13(3)12-16-10-6-7-11-16/h13-15H,4-12H2,1-3H3. The minimum atomic E-state index is 0.654. The molecule has 1 fully saturated rings. The first kappa shape index (κ1) is 14.0. The van der Waals surface area contributed by atoms with Gasteiger partial charge in [-0.2, -0.15) is 0 Å². The minimum Gasteiger partial charge on any atom is -0.310 e. The monoisotopic (exact) mass is 226 g/mol. The molecule has 1 N–H and O–H groups in total. The molecule has 0 amide bonds. The largest absolute Gasteiger partial charge is 0.310 e. The molecule has 0 aromatic rings. The quantitative estimate of drug-likeness (QED) is 0.684. The molecule has 2 heteroatoms. The lowest BCUT2D eigenvalue weighted by molar-refractivity contribution is 0.277. The Morgan fingerprint density at radius 3 is 2.12 bits per heavy atom. The number of rotatable bonds is 8. The van der Waals surface area contributed by atoms with E-state index in [1.807, 2.05) is 0 Å². The number of nitrogens with one attached hydrogen (secondary N) is 1. The van der Waals surface area contributed by atoms with Gasteiger partial charge >= 0.3 is 0 Å². The Balaban J connectivity index is 2.20. The molecule has 0 aromatic heterocycles. The van der Waals surface area contributed by atoms with Crippen molar-refractivity contribution in [1.29, 1.82) is 0 Å². The molecule has 1 atom stereocenters. The fourth-order valence-corrected chi connectivity index (χ4v) is 2.82. The Morgan fingerprint density at radius 1 is 1.06 bits per heavy atom. The van der Waals surface area contributed by atoms with Gasteiger partial charge in [-0.3, -0.25) is 0 Å². The summed E-state index contributed by atoms with van der Waals surface area (Å²) < 4.78 is 0. The first-order chi connectivity index (χ1) is 7.76. The summed E-state index contributed by atoms with van der Waals surface area (Å²) in [4.78, 5) is 2.60. The van der Waals surface area contributed by atoms with Gasteiger partial charge in [-0.1, -0.05) is 26.7 Å². The molecule has 1 heterocycles. The fraction of sp³-hybridized carbons (Fsp3) is 1.00. The maximum absolute atomic E-state index is 3.80. The van der Waals surface area contributed by atoms with Gasteiger partial charge in [-0.05, 0) is 45.7 Å². The third-order valence-electron chi connectivity index (χ3n) is 3.53. The van der Waals surface area contributed by atoms with Crippen LogP contribution in [-0.4, -0.2) is 36.6 Å². The van der Waals surface area contributed by atoms with Gasteiger partial charge in [0.1, 0.15) is 0 Å². The number of likely N-dealkylation sites (tertiary alicyclic amines) is 1. The Kier molecular flexibility index (Phi) is 7.06. The van der Waals surface area contributed by atoms with Gasteiger partial charge in [0.2, 0.25) is 0 Å². The van der Waals surface area contributed by atoms with E-state index < -0.39 is 0 Å². The molecule has 16 heavy (non-hydrogen) atoms. The summed E-state index contributed by atoms with van der Waals surface area (Å²) >= 11 is 0. The van der Waals surface area contributed by atoms with Crippen molar-refractivity contribution in [3.05, 3.63) is 0 Å². The van der Waals surface area contributed by atoms with E-state index >= 15 is 0 Å². The van der Waals surface area contributed by atoms with E-state index in [4.69, 9.17) is 0 Å². The summed E-state index contributed by atoms with van der Waals surface area (Å²) in [6.07, 6.45) is 8.07. The van der Waals surface area contributed by atoms with Crippen LogP contribution in [0, 0.1) is 0 Å². The van der Waals surface area contributed by atoms with Crippen molar-refractivity contribution in [1.82, 2.24) is 10.2 Å². The smallest absolute Gasteiger partial charge is 0.0169 e. The van der Waals surface area contributed by atoms with E-state index in [0.717, 1.165) is 6.04 Å². The molecule has 0 aromatic carbocycles. The third-order valence-corrected chi connectivity index (χ3v) is 3.53. The van der Waals surface area contributed by atoms with Gasteiger partial charge in [0.15, 0.2) is 0 Å². The molecule has 1 rings (SSSR count). The molecule has 1 unspecified atom stereocenters. The zero-order valence-corrected chi connectivity index (χ0v) is 11.5. The number of nitrogens with zero attached hydrogens (tertiary/aromatic N) is 1. The molecule has 1 aliphatic heterocycles. The highest BCUT2D eigenvalue weighted by Gasteiger charge is 2.16. The van der Waals surface area contributed by atoms with E-state index in [2.05, 4.69) is 31.0 Å². The molecule has 0 radical (unpaired) electrons. The minimum absolute atomic E-state index is 0.654. The molecule has 0 bridgehead atoms. The average molecular weight is 226 g/mol. The van der Waals surface area contributed by atoms with Crippen molar-refractivity contribution in [3.8, 4) is 0 Å². The van der Waals surface area contributed by atoms with Crippen LogP contribution in [0.25, 0.3) is 0 Å². The highest BCUT2D eigenvalue weighted by atomic mass is 15.2. The van der Waals surface area contributed by atoms with Crippen LogP contribution in [0.3, 0.4) is 0 Å². The molecular weight excluding hydrogens is 196 g/mol. The number of hydrogen-bond acceptors (Lipinski definition) is 2. The first-order valence-corrected chi connectivity index (χ1v) is 7.24. The topological polar surface area (TPSA) is 15.3 Å². The maximum Gasteiger partial charge on any atom is 0.0169 e. The maximum atomic E-state index is 3.80. The second kappa shape index (κ2) is 8.08. The SMILES string of the molecule is CCCC(CCC)NC(C)CN1CCCC1. The van der Waals surface area contributed by atoms with Crippen molar-refractivity contribution in [2.45, 2.75) is 71.4 Å². The third kappa shape index (κ3) is 5.31. The van der Waals surface area contributed by atoms with Crippen LogP contribution < -0.4 is 5.32 Å². The van der Waals surface area contributed by atoms with Crippen LogP contribution >= 0.6 is 0 Å².